The van der Waals surface area contributed by atoms with Gasteiger partial charge in [0, 0.05) is 32.4 Å². The van der Waals surface area contributed by atoms with Crippen LogP contribution in [0.5, 0.6) is 0 Å². The Hall–Kier alpha value is -1.62. The van der Waals surface area contributed by atoms with Crippen LogP contribution < -0.4 is 10.2 Å². The van der Waals surface area contributed by atoms with Crippen LogP contribution in [0.25, 0.3) is 0 Å². The summed E-state index contributed by atoms with van der Waals surface area (Å²) in [5.74, 6) is 1.11. The summed E-state index contributed by atoms with van der Waals surface area (Å²) < 4.78 is 0. The molecule has 1 aromatic heterocycles. The molecule has 3 rings (SSSR count). The molecule has 0 unspecified atom stereocenters. The van der Waals surface area contributed by atoms with Gasteiger partial charge in [-0.15, -0.1) is 0 Å². The number of likely N-dealkylation sites (tertiary alicyclic amines) is 1. The molecule has 138 valence electrons. The van der Waals surface area contributed by atoms with Gasteiger partial charge in [0.15, 0.2) is 0 Å². The van der Waals surface area contributed by atoms with Crippen molar-refractivity contribution in [1.82, 2.24) is 15.2 Å². The number of carbonyl (C=O) groups is 1. The van der Waals surface area contributed by atoms with Crippen LogP contribution in [-0.2, 0) is 0 Å². The Balaban J connectivity index is 1.60. The smallest absolute Gasteiger partial charge is 0.255 e. The quantitative estimate of drug-likeness (QED) is 0.892. The molecule has 25 heavy (non-hydrogen) atoms. The molecule has 1 spiro atoms. The van der Waals surface area contributed by atoms with Gasteiger partial charge in [-0.1, -0.05) is 6.92 Å². The van der Waals surface area contributed by atoms with Gasteiger partial charge in [-0.3, -0.25) is 4.79 Å². The number of hydrogen-bond donors (Lipinski definition) is 1. The second-order valence-electron chi connectivity index (χ2n) is 7.53. The topological polar surface area (TPSA) is 48.5 Å². The van der Waals surface area contributed by atoms with Crippen molar-refractivity contribution in [2.75, 3.05) is 44.2 Å². The van der Waals surface area contributed by atoms with Gasteiger partial charge in [-0.25, -0.2) is 4.98 Å². The third kappa shape index (κ3) is 4.14. The number of hydrogen-bond acceptors (Lipinski definition) is 4. The molecule has 2 aliphatic heterocycles. The Morgan fingerprint density at radius 1 is 1.20 bits per heavy atom. The minimum Gasteiger partial charge on any atom is -0.357 e. The number of rotatable bonds is 5. The molecule has 0 saturated carbocycles. The van der Waals surface area contributed by atoms with Crippen molar-refractivity contribution < 1.29 is 4.79 Å². The van der Waals surface area contributed by atoms with Crippen LogP contribution in [0.3, 0.4) is 0 Å². The van der Waals surface area contributed by atoms with Crippen molar-refractivity contribution in [3.63, 3.8) is 0 Å². The standard InChI is InChI=1S/C20H32N4O/c1-3-13-23(4-2)18-6-5-17(16-22-18)19(25)24-14-9-20(10-15-24)7-11-21-12-8-20/h5-6,16,21H,3-4,7-15H2,1-2H3. The monoisotopic (exact) mass is 344 g/mol. The Kier molecular flexibility index (Phi) is 5.94. The first kappa shape index (κ1) is 18.2. The lowest BCUT2D eigenvalue weighted by Crippen LogP contribution is -2.47. The average Bonchev–Trinajstić information content (AvgIpc) is 2.67. The molecule has 0 atom stereocenters. The number of amides is 1. The van der Waals surface area contributed by atoms with Gasteiger partial charge >= 0.3 is 0 Å². The summed E-state index contributed by atoms with van der Waals surface area (Å²) >= 11 is 0. The third-order valence-corrected chi connectivity index (χ3v) is 5.97. The molecule has 0 aromatic carbocycles. The highest BCUT2D eigenvalue weighted by Crippen LogP contribution is 2.39. The third-order valence-electron chi connectivity index (χ3n) is 5.97. The molecule has 1 amide bonds. The lowest BCUT2D eigenvalue weighted by Gasteiger charge is -2.44. The normalized spacial score (nSPS) is 19.8. The molecule has 3 heterocycles. The van der Waals surface area contributed by atoms with Crippen molar-refractivity contribution in [3.8, 4) is 0 Å². The highest BCUT2D eigenvalue weighted by Gasteiger charge is 2.36. The van der Waals surface area contributed by atoms with E-state index in [-0.39, 0.29) is 5.91 Å². The Labute approximate surface area is 151 Å². The summed E-state index contributed by atoms with van der Waals surface area (Å²) in [5.41, 5.74) is 1.20. The molecular formula is C20H32N4O. The fourth-order valence-electron chi connectivity index (χ4n) is 4.23. The van der Waals surface area contributed by atoms with Gasteiger partial charge in [0.25, 0.3) is 5.91 Å². The van der Waals surface area contributed by atoms with Crippen LogP contribution in [0.1, 0.15) is 56.3 Å². The molecule has 2 fully saturated rings. The minimum absolute atomic E-state index is 0.140. The van der Waals surface area contributed by atoms with E-state index in [1.807, 2.05) is 17.0 Å². The van der Waals surface area contributed by atoms with Gasteiger partial charge < -0.3 is 15.1 Å². The van der Waals surface area contributed by atoms with Crippen molar-refractivity contribution >= 4 is 11.7 Å². The lowest BCUT2D eigenvalue weighted by molar-refractivity contribution is 0.0495. The van der Waals surface area contributed by atoms with Crippen molar-refractivity contribution in [2.45, 2.75) is 46.0 Å². The van der Waals surface area contributed by atoms with E-state index in [1.165, 1.54) is 12.8 Å². The van der Waals surface area contributed by atoms with Gasteiger partial charge in [0.05, 0.1) is 5.56 Å². The summed E-state index contributed by atoms with van der Waals surface area (Å²) in [4.78, 5) is 21.6. The molecular weight excluding hydrogens is 312 g/mol. The number of piperidine rings is 2. The summed E-state index contributed by atoms with van der Waals surface area (Å²) in [6.45, 7) is 10.3. The van der Waals surface area contributed by atoms with Gasteiger partial charge in [-0.05, 0) is 69.7 Å². The summed E-state index contributed by atoms with van der Waals surface area (Å²) in [5, 5.41) is 3.45. The Morgan fingerprint density at radius 3 is 2.48 bits per heavy atom. The summed E-state index contributed by atoms with van der Waals surface area (Å²) in [7, 11) is 0. The van der Waals surface area contributed by atoms with Crippen molar-refractivity contribution in [1.29, 1.82) is 0 Å². The largest absolute Gasteiger partial charge is 0.357 e. The second kappa shape index (κ2) is 8.17. The highest BCUT2D eigenvalue weighted by molar-refractivity contribution is 5.94. The van der Waals surface area contributed by atoms with Crippen LogP contribution in [0.15, 0.2) is 18.3 Å². The Bertz CT molecular complexity index is 556. The zero-order valence-corrected chi connectivity index (χ0v) is 15.8. The molecule has 0 bridgehead atoms. The van der Waals surface area contributed by atoms with E-state index in [2.05, 4.69) is 29.0 Å². The van der Waals surface area contributed by atoms with E-state index in [4.69, 9.17) is 0 Å². The number of nitrogens with zero attached hydrogens (tertiary/aromatic N) is 3. The van der Waals surface area contributed by atoms with Gasteiger partial charge in [-0.2, -0.15) is 0 Å². The predicted molar refractivity (Wildman–Crippen MR) is 102 cm³/mol. The zero-order valence-electron chi connectivity index (χ0n) is 15.8. The second-order valence-corrected chi connectivity index (χ2v) is 7.53. The van der Waals surface area contributed by atoms with Crippen LogP contribution in [-0.4, -0.2) is 55.1 Å². The molecule has 0 aliphatic carbocycles. The van der Waals surface area contributed by atoms with Crippen LogP contribution >= 0.6 is 0 Å². The maximum atomic E-state index is 12.8. The fraction of sp³-hybridized carbons (Fsp3) is 0.700. The SMILES string of the molecule is CCCN(CC)c1ccc(C(=O)N2CCC3(CCNCC3)CC2)cn1. The number of anilines is 1. The molecule has 2 aliphatic rings. The summed E-state index contributed by atoms with van der Waals surface area (Å²) in [6.07, 6.45) is 7.66. The van der Waals surface area contributed by atoms with E-state index in [9.17, 15) is 4.79 Å². The molecule has 5 nitrogen and oxygen atoms in total. The first-order valence-corrected chi connectivity index (χ1v) is 9.88. The predicted octanol–water partition coefficient (Wildman–Crippen LogP) is 2.92. The first-order valence-electron chi connectivity index (χ1n) is 9.88. The molecule has 1 aromatic rings. The number of carbonyl (C=O) groups excluding carboxylic acids is 1. The maximum Gasteiger partial charge on any atom is 0.255 e. The number of nitrogens with one attached hydrogen (secondary N) is 1. The first-order chi connectivity index (χ1) is 12.2. The number of aromatic nitrogens is 1. The number of pyridine rings is 1. The lowest BCUT2D eigenvalue weighted by atomic mass is 9.71. The molecule has 0 radical (unpaired) electrons. The average molecular weight is 345 g/mol. The van der Waals surface area contributed by atoms with Crippen molar-refractivity contribution in [3.05, 3.63) is 23.9 Å². The maximum absolute atomic E-state index is 12.8. The van der Waals surface area contributed by atoms with Gasteiger partial charge in [0.1, 0.15) is 5.82 Å². The van der Waals surface area contributed by atoms with Crippen LogP contribution in [0.2, 0.25) is 0 Å². The fourth-order valence-corrected chi connectivity index (χ4v) is 4.23. The molecule has 1 N–H and O–H groups in total. The van der Waals surface area contributed by atoms with E-state index >= 15 is 0 Å². The van der Waals surface area contributed by atoms with E-state index in [0.29, 0.717) is 5.41 Å². The van der Waals surface area contributed by atoms with E-state index < -0.39 is 0 Å². The van der Waals surface area contributed by atoms with Crippen LogP contribution in [0.4, 0.5) is 5.82 Å². The minimum atomic E-state index is 0.140. The van der Waals surface area contributed by atoms with Gasteiger partial charge in [0.2, 0.25) is 0 Å². The molecule has 2 saturated heterocycles. The zero-order chi connectivity index (χ0) is 17.7. The van der Waals surface area contributed by atoms with Crippen LogP contribution in [0, 0.1) is 5.41 Å². The molecule has 5 heteroatoms. The highest BCUT2D eigenvalue weighted by atomic mass is 16.2. The Morgan fingerprint density at radius 2 is 1.92 bits per heavy atom. The van der Waals surface area contributed by atoms with Crippen molar-refractivity contribution in [2.24, 2.45) is 5.41 Å². The summed E-state index contributed by atoms with van der Waals surface area (Å²) in [6, 6.07) is 3.93. The van der Waals surface area contributed by atoms with E-state index in [1.54, 1.807) is 6.20 Å². The van der Waals surface area contributed by atoms with E-state index in [0.717, 1.165) is 69.9 Å².